The minimum absolute atomic E-state index is 0.0942. The normalized spacial score (nSPS) is 26.9. The highest BCUT2D eigenvalue weighted by atomic mass is 28.4. The highest BCUT2D eigenvalue weighted by Gasteiger charge is 2.42. The van der Waals surface area contributed by atoms with Gasteiger partial charge in [-0.1, -0.05) is 47.0 Å². The minimum Gasteiger partial charge on any atom is -0.469 e. The van der Waals surface area contributed by atoms with Crippen LogP contribution in [0.5, 0.6) is 0 Å². The van der Waals surface area contributed by atoms with Gasteiger partial charge in [-0.2, -0.15) is 0 Å². The number of ether oxygens (including phenoxy) is 1. The molecule has 1 rings (SSSR count). The van der Waals surface area contributed by atoms with E-state index < -0.39 is 8.32 Å². The SMILES string of the molecule is COC(=O)CCCCCC[C@@H]1[C@@H](CO[Si](C)(C)C(C)(C)C)[C@@H](N)C[C@@H]1C. The molecular formula is C21H43NO3Si. The van der Waals surface area contributed by atoms with Gasteiger partial charge in [0, 0.05) is 19.1 Å². The van der Waals surface area contributed by atoms with Crippen molar-refractivity contribution in [2.24, 2.45) is 23.5 Å². The van der Waals surface area contributed by atoms with Crippen LogP contribution in [0.2, 0.25) is 18.1 Å². The summed E-state index contributed by atoms with van der Waals surface area (Å²) in [4.78, 5) is 11.2. The summed E-state index contributed by atoms with van der Waals surface area (Å²) < 4.78 is 11.2. The zero-order valence-electron chi connectivity index (χ0n) is 18.3. The van der Waals surface area contributed by atoms with Crippen LogP contribution < -0.4 is 5.73 Å². The highest BCUT2D eigenvalue weighted by molar-refractivity contribution is 6.74. The van der Waals surface area contributed by atoms with Crippen molar-refractivity contribution < 1.29 is 14.0 Å². The molecule has 0 amide bonds. The molecule has 0 aliphatic heterocycles. The molecule has 0 saturated heterocycles. The van der Waals surface area contributed by atoms with Crippen molar-refractivity contribution in [3.05, 3.63) is 0 Å². The van der Waals surface area contributed by atoms with Crippen molar-refractivity contribution in [1.82, 2.24) is 0 Å². The molecule has 0 unspecified atom stereocenters. The third-order valence-electron chi connectivity index (χ3n) is 6.81. The van der Waals surface area contributed by atoms with Gasteiger partial charge in [-0.15, -0.1) is 0 Å². The molecule has 1 aliphatic rings. The zero-order valence-corrected chi connectivity index (χ0v) is 19.3. The van der Waals surface area contributed by atoms with Gasteiger partial charge in [0.25, 0.3) is 0 Å². The molecule has 26 heavy (non-hydrogen) atoms. The predicted molar refractivity (Wildman–Crippen MR) is 112 cm³/mol. The van der Waals surface area contributed by atoms with Crippen molar-refractivity contribution in [2.45, 2.75) is 96.8 Å². The van der Waals surface area contributed by atoms with Crippen molar-refractivity contribution in [3.63, 3.8) is 0 Å². The van der Waals surface area contributed by atoms with Crippen LogP contribution in [0.15, 0.2) is 0 Å². The summed E-state index contributed by atoms with van der Waals surface area (Å²) in [5, 5.41) is 0.246. The molecule has 4 atom stereocenters. The summed E-state index contributed by atoms with van der Waals surface area (Å²) in [5.41, 5.74) is 6.48. The van der Waals surface area contributed by atoms with Crippen LogP contribution in [-0.2, 0) is 14.0 Å². The average molecular weight is 386 g/mol. The standard InChI is InChI=1S/C21H43NO3Si/c1-16-14-19(22)18(15-25-26(6,7)21(2,3)4)17(16)12-10-8-9-11-13-20(23)24-5/h16-19H,8-15,22H2,1-7H3/t16-,17-,18+,19-/m0/s1. The molecule has 5 heteroatoms. The summed E-state index contributed by atoms with van der Waals surface area (Å²) in [6.07, 6.45) is 7.35. The Balaban J connectivity index is 2.43. The van der Waals surface area contributed by atoms with Crippen molar-refractivity contribution in [3.8, 4) is 0 Å². The monoisotopic (exact) mass is 385 g/mol. The van der Waals surface area contributed by atoms with E-state index in [2.05, 4.69) is 40.8 Å². The molecule has 0 aromatic heterocycles. The lowest BCUT2D eigenvalue weighted by atomic mass is 9.85. The van der Waals surface area contributed by atoms with E-state index in [1.165, 1.54) is 26.4 Å². The summed E-state index contributed by atoms with van der Waals surface area (Å²) >= 11 is 0. The van der Waals surface area contributed by atoms with E-state index in [0.29, 0.717) is 24.2 Å². The maximum atomic E-state index is 11.2. The predicted octanol–water partition coefficient (Wildman–Crippen LogP) is 5.12. The lowest BCUT2D eigenvalue weighted by Crippen LogP contribution is -2.44. The van der Waals surface area contributed by atoms with Gasteiger partial charge in [-0.25, -0.2) is 0 Å². The van der Waals surface area contributed by atoms with E-state index in [0.717, 1.165) is 25.9 Å². The lowest BCUT2D eigenvalue weighted by molar-refractivity contribution is -0.140. The van der Waals surface area contributed by atoms with Gasteiger partial charge in [0.2, 0.25) is 0 Å². The number of carbonyl (C=O) groups is 1. The number of esters is 1. The van der Waals surface area contributed by atoms with Crippen LogP contribution >= 0.6 is 0 Å². The average Bonchev–Trinajstić information content (AvgIpc) is 2.80. The lowest BCUT2D eigenvalue weighted by Gasteiger charge is -2.38. The molecule has 0 heterocycles. The fourth-order valence-electron chi connectivity index (χ4n) is 3.89. The molecule has 0 aromatic rings. The Labute approximate surface area is 162 Å². The maximum Gasteiger partial charge on any atom is 0.305 e. The van der Waals surface area contributed by atoms with Gasteiger partial charge in [0.05, 0.1) is 7.11 Å². The first kappa shape index (κ1) is 23.6. The van der Waals surface area contributed by atoms with Crippen LogP contribution in [0, 0.1) is 17.8 Å². The third kappa shape index (κ3) is 6.97. The van der Waals surface area contributed by atoms with E-state index in [4.69, 9.17) is 14.9 Å². The molecule has 0 aromatic carbocycles. The molecule has 4 nitrogen and oxygen atoms in total. The first-order valence-corrected chi connectivity index (χ1v) is 13.4. The van der Waals surface area contributed by atoms with Gasteiger partial charge in [0.15, 0.2) is 8.32 Å². The molecule has 154 valence electrons. The number of unbranched alkanes of at least 4 members (excludes halogenated alkanes) is 3. The highest BCUT2D eigenvalue weighted by Crippen LogP contribution is 2.42. The first-order valence-electron chi connectivity index (χ1n) is 10.5. The van der Waals surface area contributed by atoms with Crippen molar-refractivity contribution in [1.29, 1.82) is 0 Å². The summed E-state index contributed by atoms with van der Waals surface area (Å²) in [6.45, 7) is 14.7. The number of nitrogens with two attached hydrogens (primary N) is 1. The Morgan fingerprint density at radius 2 is 1.73 bits per heavy atom. The summed E-state index contributed by atoms with van der Waals surface area (Å²) in [7, 11) is -0.259. The number of hydrogen-bond acceptors (Lipinski definition) is 4. The van der Waals surface area contributed by atoms with Gasteiger partial charge < -0.3 is 14.9 Å². The van der Waals surface area contributed by atoms with Crippen molar-refractivity contribution >= 4 is 14.3 Å². The van der Waals surface area contributed by atoms with Gasteiger partial charge in [-0.05, 0) is 55.1 Å². The number of hydrogen-bond donors (Lipinski definition) is 1. The van der Waals surface area contributed by atoms with Crippen LogP contribution in [0.25, 0.3) is 0 Å². The Kier molecular flexibility index (Phi) is 9.31. The van der Waals surface area contributed by atoms with E-state index in [1.807, 2.05) is 0 Å². The first-order chi connectivity index (χ1) is 12.0. The molecule has 1 aliphatic carbocycles. The molecule has 0 radical (unpaired) electrons. The number of methoxy groups -OCH3 is 1. The minimum atomic E-state index is -1.72. The molecule has 2 N–H and O–H groups in total. The van der Waals surface area contributed by atoms with E-state index >= 15 is 0 Å². The second kappa shape index (κ2) is 10.2. The topological polar surface area (TPSA) is 61.5 Å². The molecule has 0 bridgehead atoms. The molecule has 1 fully saturated rings. The quantitative estimate of drug-likeness (QED) is 0.322. The van der Waals surface area contributed by atoms with Gasteiger partial charge in [-0.3, -0.25) is 4.79 Å². The summed E-state index contributed by atoms with van der Waals surface area (Å²) in [5.74, 6) is 1.76. The van der Waals surface area contributed by atoms with E-state index in [-0.39, 0.29) is 17.0 Å². The molecular weight excluding hydrogens is 342 g/mol. The third-order valence-corrected chi connectivity index (χ3v) is 11.3. The smallest absolute Gasteiger partial charge is 0.305 e. The van der Waals surface area contributed by atoms with Gasteiger partial charge >= 0.3 is 5.97 Å². The Bertz CT molecular complexity index is 433. The van der Waals surface area contributed by atoms with Crippen molar-refractivity contribution in [2.75, 3.05) is 13.7 Å². The van der Waals surface area contributed by atoms with Crippen LogP contribution in [0.1, 0.15) is 72.6 Å². The Morgan fingerprint density at radius 1 is 1.12 bits per heavy atom. The van der Waals surface area contributed by atoms with Crippen LogP contribution in [-0.4, -0.2) is 34.0 Å². The Morgan fingerprint density at radius 3 is 2.31 bits per heavy atom. The fraction of sp³-hybridized carbons (Fsp3) is 0.952. The van der Waals surface area contributed by atoms with Gasteiger partial charge in [0.1, 0.15) is 0 Å². The second-order valence-corrected chi connectivity index (χ2v) is 14.6. The molecule has 0 spiro atoms. The van der Waals surface area contributed by atoms with E-state index in [1.54, 1.807) is 0 Å². The zero-order chi connectivity index (χ0) is 20.0. The van der Waals surface area contributed by atoms with Crippen LogP contribution in [0.3, 0.4) is 0 Å². The fourth-order valence-corrected chi connectivity index (χ4v) is 4.93. The maximum absolute atomic E-state index is 11.2. The summed E-state index contributed by atoms with van der Waals surface area (Å²) in [6, 6.07) is 0.277. The Hall–Kier alpha value is -0.393. The number of rotatable bonds is 10. The largest absolute Gasteiger partial charge is 0.469 e. The molecule has 1 saturated carbocycles. The number of carbonyl (C=O) groups excluding carboxylic acids is 1. The second-order valence-electron chi connectivity index (χ2n) is 9.80. The van der Waals surface area contributed by atoms with E-state index in [9.17, 15) is 4.79 Å². The van der Waals surface area contributed by atoms with Crippen LogP contribution in [0.4, 0.5) is 0 Å².